The van der Waals surface area contributed by atoms with Crippen LogP contribution in [0, 0.1) is 17.0 Å². The van der Waals surface area contributed by atoms with Crippen molar-refractivity contribution in [3.8, 4) is 22.6 Å². The van der Waals surface area contributed by atoms with Crippen LogP contribution in [0.2, 0.25) is 0 Å². The third-order valence-electron chi connectivity index (χ3n) is 8.28. The van der Waals surface area contributed by atoms with E-state index in [0.717, 1.165) is 24.2 Å². The van der Waals surface area contributed by atoms with Gasteiger partial charge in [0.15, 0.2) is 0 Å². The number of nitro groups is 1. The number of aryl methyl sites for hydroxylation is 1. The fourth-order valence-corrected chi connectivity index (χ4v) is 6.00. The Morgan fingerprint density at radius 1 is 0.907 bits per heavy atom. The van der Waals surface area contributed by atoms with Crippen LogP contribution in [0.15, 0.2) is 91.0 Å². The number of nitro benzene ring substituents is 1. The van der Waals surface area contributed by atoms with Gasteiger partial charge in [-0.2, -0.15) is 0 Å². The Balaban J connectivity index is 1.08. The lowest BCUT2D eigenvalue weighted by atomic mass is 9.93. The number of rotatable bonds is 9. The molecule has 43 heavy (non-hydrogen) atoms. The summed E-state index contributed by atoms with van der Waals surface area (Å²) in [5.41, 5.74) is 2.89. The van der Waals surface area contributed by atoms with E-state index in [0.29, 0.717) is 37.5 Å². The number of ether oxygens (including phenoxy) is 2. The van der Waals surface area contributed by atoms with E-state index in [-0.39, 0.29) is 23.2 Å². The zero-order valence-corrected chi connectivity index (χ0v) is 24.4. The lowest BCUT2D eigenvalue weighted by molar-refractivity contribution is -0.385. The lowest BCUT2D eigenvalue weighted by Crippen LogP contribution is -2.34. The summed E-state index contributed by atoms with van der Waals surface area (Å²) >= 11 is 0. The molecule has 1 aliphatic heterocycles. The van der Waals surface area contributed by atoms with Crippen LogP contribution in [-0.4, -0.2) is 41.5 Å². The quantitative estimate of drug-likeness (QED) is 0.0765. The summed E-state index contributed by atoms with van der Waals surface area (Å²) in [6.45, 7) is 5.17. The molecule has 0 spiro atoms. The number of hydrogen-bond acceptors (Lipinski definition) is 5. The molecular weight excluding hydrogens is 540 g/mol. The van der Waals surface area contributed by atoms with Crippen LogP contribution in [0.25, 0.3) is 32.7 Å². The predicted octanol–water partition coefficient (Wildman–Crippen LogP) is 8.35. The maximum atomic E-state index is 13.1. The molecule has 0 unspecified atom stereocenters. The van der Waals surface area contributed by atoms with Crippen molar-refractivity contribution < 1.29 is 19.2 Å². The zero-order chi connectivity index (χ0) is 29.9. The van der Waals surface area contributed by atoms with Crippen molar-refractivity contribution in [1.82, 2.24) is 4.90 Å². The average Bonchev–Trinajstić information content (AvgIpc) is 3.46. The number of carbonyl (C=O) groups is 1. The second-order valence-electron chi connectivity index (χ2n) is 11.1. The summed E-state index contributed by atoms with van der Waals surface area (Å²) in [4.78, 5) is 26.1. The van der Waals surface area contributed by atoms with E-state index in [1.165, 1.54) is 33.2 Å². The van der Waals surface area contributed by atoms with Crippen molar-refractivity contribution in [2.45, 2.75) is 39.2 Å². The summed E-state index contributed by atoms with van der Waals surface area (Å²) in [5.74, 6) is 0.879. The predicted molar refractivity (Wildman–Crippen MR) is 170 cm³/mol. The van der Waals surface area contributed by atoms with Gasteiger partial charge in [0.25, 0.3) is 11.6 Å². The molecule has 0 N–H and O–H groups in total. The van der Waals surface area contributed by atoms with Gasteiger partial charge >= 0.3 is 0 Å². The van der Waals surface area contributed by atoms with E-state index in [2.05, 4.69) is 66.7 Å². The molecule has 0 aliphatic carbocycles. The van der Waals surface area contributed by atoms with Crippen molar-refractivity contribution in [3.63, 3.8) is 0 Å². The molecular formula is C36H34N2O5. The molecule has 0 aromatic heterocycles. The first-order valence-electron chi connectivity index (χ1n) is 14.8. The Morgan fingerprint density at radius 2 is 1.60 bits per heavy atom. The second kappa shape index (κ2) is 12.1. The van der Waals surface area contributed by atoms with E-state index < -0.39 is 4.92 Å². The number of nitrogens with zero attached hydrogens (tertiary/aromatic N) is 2. The maximum Gasteiger partial charge on any atom is 0.285 e. The number of benzene rings is 5. The summed E-state index contributed by atoms with van der Waals surface area (Å²) in [5, 5.41) is 16.7. The van der Waals surface area contributed by atoms with Gasteiger partial charge in [-0.05, 0) is 89.2 Å². The zero-order valence-electron chi connectivity index (χ0n) is 24.4. The van der Waals surface area contributed by atoms with Gasteiger partial charge in [-0.1, -0.05) is 60.7 Å². The summed E-state index contributed by atoms with van der Waals surface area (Å²) in [7, 11) is 0. The Kier molecular flexibility index (Phi) is 7.97. The standard InChI is InChI=1S/C36H34N2O5/c1-24-21-33(36(39)37-18-7-9-25(37)2)34(38(40)41)23-35(24)43-20-8-19-42-28-16-14-26(15-17-28)32-22-27-10-3-4-11-29(27)30-12-5-6-13-31(30)32/h3-6,10-17,21-23,25H,7-9,18-20H2,1-2H3/t25-/m1/s1. The number of fused-ring (bicyclic) bond motifs is 3. The van der Waals surface area contributed by atoms with Crippen LogP contribution in [0.3, 0.4) is 0 Å². The summed E-state index contributed by atoms with van der Waals surface area (Å²) < 4.78 is 11.9. The minimum Gasteiger partial charge on any atom is -0.493 e. The molecule has 0 radical (unpaired) electrons. The second-order valence-corrected chi connectivity index (χ2v) is 11.1. The van der Waals surface area contributed by atoms with Crippen LogP contribution < -0.4 is 9.47 Å². The highest BCUT2D eigenvalue weighted by Crippen LogP contribution is 2.36. The van der Waals surface area contributed by atoms with E-state index in [1.807, 2.05) is 19.1 Å². The van der Waals surface area contributed by atoms with Crippen molar-refractivity contribution in [2.24, 2.45) is 0 Å². The summed E-state index contributed by atoms with van der Waals surface area (Å²) in [6, 6.07) is 30.3. The van der Waals surface area contributed by atoms with Gasteiger partial charge < -0.3 is 14.4 Å². The Labute approximate surface area is 250 Å². The Hall–Kier alpha value is -4.91. The Bertz CT molecular complexity index is 1820. The molecule has 1 atom stereocenters. The van der Waals surface area contributed by atoms with Gasteiger partial charge in [-0.3, -0.25) is 14.9 Å². The molecule has 218 valence electrons. The van der Waals surface area contributed by atoms with Crippen molar-refractivity contribution in [2.75, 3.05) is 19.8 Å². The SMILES string of the molecule is Cc1cc(C(=O)N2CCC[C@H]2C)c([N+](=O)[O-])cc1OCCCOc1ccc(-c2cc3ccccc3c3ccccc23)cc1. The topological polar surface area (TPSA) is 81.9 Å². The lowest BCUT2D eigenvalue weighted by Gasteiger charge is -2.22. The minimum atomic E-state index is -0.506. The van der Waals surface area contributed by atoms with Crippen molar-refractivity contribution in [1.29, 1.82) is 0 Å². The molecule has 6 rings (SSSR count). The van der Waals surface area contributed by atoms with Gasteiger partial charge in [-0.15, -0.1) is 0 Å². The third-order valence-corrected chi connectivity index (χ3v) is 8.28. The molecule has 0 bridgehead atoms. The number of likely N-dealkylation sites (tertiary alicyclic amines) is 1. The van der Waals surface area contributed by atoms with E-state index in [4.69, 9.17) is 9.47 Å². The highest BCUT2D eigenvalue weighted by Gasteiger charge is 2.31. The monoisotopic (exact) mass is 574 g/mol. The van der Waals surface area contributed by atoms with Crippen molar-refractivity contribution in [3.05, 3.63) is 112 Å². The molecule has 5 aromatic carbocycles. The first-order valence-corrected chi connectivity index (χ1v) is 14.8. The molecule has 1 amide bonds. The highest BCUT2D eigenvalue weighted by molar-refractivity contribution is 6.13. The van der Waals surface area contributed by atoms with Crippen molar-refractivity contribution >= 4 is 33.1 Å². The number of amides is 1. The van der Waals surface area contributed by atoms with Crippen LogP contribution in [0.1, 0.15) is 42.1 Å². The van der Waals surface area contributed by atoms with Gasteiger partial charge in [-0.25, -0.2) is 0 Å². The molecule has 0 saturated carbocycles. The number of hydrogen-bond donors (Lipinski definition) is 0. The Morgan fingerprint density at radius 3 is 2.33 bits per heavy atom. The van der Waals surface area contributed by atoms with E-state index >= 15 is 0 Å². The fraction of sp³-hybridized carbons (Fsp3) is 0.250. The molecule has 5 aromatic rings. The van der Waals surface area contributed by atoms with Gasteiger partial charge in [0.05, 0.1) is 24.2 Å². The smallest absolute Gasteiger partial charge is 0.285 e. The van der Waals surface area contributed by atoms with Crippen LogP contribution in [0.5, 0.6) is 11.5 Å². The third kappa shape index (κ3) is 5.75. The number of carbonyl (C=O) groups excluding carboxylic acids is 1. The van der Waals surface area contributed by atoms with E-state index in [9.17, 15) is 14.9 Å². The normalized spacial score (nSPS) is 14.7. The molecule has 7 nitrogen and oxygen atoms in total. The molecule has 1 fully saturated rings. The molecule has 7 heteroatoms. The van der Waals surface area contributed by atoms with Crippen LogP contribution in [0.4, 0.5) is 5.69 Å². The molecule has 1 saturated heterocycles. The first-order chi connectivity index (χ1) is 20.9. The molecule has 1 heterocycles. The van der Waals surface area contributed by atoms with Gasteiger partial charge in [0.2, 0.25) is 0 Å². The minimum absolute atomic E-state index is 0.0816. The first kappa shape index (κ1) is 28.2. The fourth-order valence-electron chi connectivity index (χ4n) is 6.00. The average molecular weight is 575 g/mol. The van der Waals surface area contributed by atoms with Gasteiger partial charge in [0.1, 0.15) is 17.1 Å². The maximum absolute atomic E-state index is 13.1. The molecule has 1 aliphatic rings. The highest BCUT2D eigenvalue weighted by atomic mass is 16.6. The van der Waals surface area contributed by atoms with Crippen LogP contribution in [-0.2, 0) is 0 Å². The summed E-state index contributed by atoms with van der Waals surface area (Å²) in [6.07, 6.45) is 2.42. The van der Waals surface area contributed by atoms with E-state index in [1.54, 1.807) is 17.9 Å². The van der Waals surface area contributed by atoms with Crippen LogP contribution >= 0.6 is 0 Å². The van der Waals surface area contributed by atoms with Gasteiger partial charge in [0, 0.05) is 19.0 Å². The largest absolute Gasteiger partial charge is 0.493 e.